The molecular weight excluding hydrogens is 444 g/mol. The van der Waals surface area contributed by atoms with Gasteiger partial charge in [0, 0.05) is 37.0 Å². The highest BCUT2D eigenvalue weighted by Gasteiger charge is 2.28. The number of aliphatic hydroxyl groups excluding tert-OH is 1. The molecule has 0 aliphatic heterocycles. The summed E-state index contributed by atoms with van der Waals surface area (Å²) in [5.41, 5.74) is 4.32. The van der Waals surface area contributed by atoms with Gasteiger partial charge in [-0.15, -0.1) is 0 Å². The molecule has 35 heavy (non-hydrogen) atoms. The van der Waals surface area contributed by atoms with E-state index in [0.29, 0.717) is 12.1 Å². The van der Waals surface area contributed by atoms with Crippen molar-refractivity contribution in [2.75, 3.05) is 0 Å². The van der Waals surface area contributed by atoms with Crippen LogP contribution in [0.15, 0.2) is 35.3 Å². The van der Waals surface area contributed by atoms with Gasteiger partial charge >= 0.3 is 5.97 Å². The molecule has 2 atom stereocenters. The van der Waals surface area contributed by atoms with E-state index in [1.165, 1.54) is 0 Å². The molecule has 1 aliphatic rings. The number of aryl methyl sites for hydroxylation is 2. The topological polar surface area (TPSA) is 98.4 Å². The second kappa shape index (κ2) is 10.3. The van der Waals surface area contributed by atoms with E-state index in [1.807, 2.05) is 37.4 Å². The summed E-state index contributed by atoms with van der Waals surface area (Å²) in [4.78, 5) is 29.8. The van der Waals surface area contributed by atoms with Gasteiger partial charge < -0.3 is 19.0 Å². The van der Waals surface area contributed by atoms with Crippen molar-refractivity contribution in [2.45, 2.75) is 84.2 Å². The molecule has 0 amide bonds. The number of benzene rings is 1. The summed E-state index contributed by atoms with van der Waals surface area (Å²) < 4.78 is 9.37. The molecule has 3 aromatic rings. The quantitative estimate of drug-likeness (QED) is 0.478. The third kappa shape index (κ3) is 5.33. The molecule has 0 saturated heterocycles. The Bertz CT molecular complexity index is 1240. The minimum absolute atomic E-state index is 0.0200. The van der Waals surface area contributed by atoms with E-state index in [1.54, 1.807) is 18.5 Å². The van der Waals surface area contributed by atoms with Gasteiger partial charge in [0.25, 0.3) is 5.56 Å². The number of ether oxygens (including phenoxy) is 1. The van der Waals surface area contributed by atoms with E-state index in [4.69, 9.17) is 9.72 Å². The van der Waals surface area contributed by atoms with E-state index >= 15 is 0 Å². The molecule has 8 heteroatoms. The van der Waals surface area contributed by atoms with Crippen molar-refractivity contribution in [3.63, 3.8) is 0 Å². The van der Waals surface area contributed by atoms with Crippen molar-refractivity contribution in [2.24, 2.45) is 7.05 Å². The van der Waals surface area contributed by atoms with Gasteiger partial charge in [0.1, 0.15) is 18.0 Å². The Labute approximate surface area is 205 Å². The first-order chi connectivity index (χ1) is 16.7. The van der Waals surface area contributed by atoms with Crippen LogP contribution in [-0.2, 0) is 23.1 Å². The molecule has 1 aliphatic carbocycles. The minimum atomic E-state index is -0.868. The summed E-state index contributed by atoms with van der Waals surface area (Å²) in [5, 5.41) is 13.4. The first-order valence-corrected chi connectivity index (χ1v) is 12.5. The molecular formula is C27H36N4O4. The molecule has 0 bridgehead atoms. The van der Waals surface area contributed by atoms with Crippen molar-refractivity contribution in [3.8, 4) is 11.4 Å². The van der Waals surface area contributed by atoms with Gasteiger partial charge in [-0.3, -0.25) is 14.9 Å². The maximum Gasteiger partial charge on any atom is 0.326 e. The maximum absolute atomic E-state index is 12.6. The standard InChI is InChI=1S/C27H36N4O4/c1-16(2)31-23-11-10-19(14-28-24(18(4)32)27(34)35-21-8-6-7-9-21)13-22(23)29-25(31)20-12-17(3)26(33)30(5)15-20/h10-13,15-16,18,21,24,28,32H,6-9,14H2,1-5H3. The predicted molar refractivity (Wildman–Crippen MR) is 136 cm³/mol. The van der Waals surface area contributed by atoms with Crippen molar-refractivity contribution >= 4 is 17.0 Å². The van der Waals surface area contributed by atoms with Gasteiger partial charge in [0.2, 0.25) is 0 Å². The Morgan fingerprint density at radius 2 is 1.94 bits per heavy atom. The molecule has 4 rings (SSSR count). The average Bonchev–Trinajstić information content (AvgIpc) is 3.44. The van der Waals surface area contributed by atoms with E-state index in [9.17, 15) is 14.7 Å². The predicted octanol–water partition coefficient (Wildman–Crippen LogP) is 3.62. The number of esters is 1. The fourth-order valence-electron chi connectivity index (χ4n) is 4.90. The molecule has 2 unspecified atom stereocenters. The van der Waals surface area contributed by atoms with E-state index in [-0.39, 0.29) is 17.7 Å². The van der Waals surface area contributed by atoms with Gasteiger partial charge in [-0.05, 0) is 77.1 Å². The van der Waals surface area contributed by atoms with Crippen LogP contribution >= 0.6 is 0 Å². The zero-order valence-electron chi connectivity index (χ0n) is 21.2. The molecule has 1 fully saturated rings. The second-order valence-corrected chi connectivity index (χ2v) is 9.99. The van der Waals surface area contributed by atoms with Crippen LogP contribution in [0.2, 0.25) is 0 Å². The molecule has 0 spiro atoms. The Hall–Kier alpha value is -2.97. The molecule has 8 nitrogen and oxygen atoms in total. The van der Waals surface area contributed by atoms with Gasteiger partial charge in [0.05, 0.1) is 17.1 Å². The molecule has 2 N–H and O–H groups in total. The number of nitrogens with one attached hydrogen (secondary N) is 1. The summed E-state index contributed by atoms with van der Waals surface area (Å²) >= 11 is 0. The number of pyridine rings is 1. The van der Waals surface area contributed by atoms with Gasteiger partial charge in [-0.2, -0.15) is 0 Å². The summed E-state index contributed by atoms with van der Waals surface area (Å²) in [5.74, 6) is 0.408. The number of aromatic nitrogens is 3. The molecule has 188 valence electrons. The number of hydrogen-bond acceptors (Lipinski definition) is 6. The molecule has 1 saturated carbocycles. The van der Waals surface area contributed by atoms with Crippen LogP contribution in [0.3, 0.4) is 0 Å². The minimum Gasteiger partial charge on any atom is -0.461 e. The van der Waals surface area contributed by atoms with Crippen molar-refractivity contribution < 1.29 is 14.6 Å². The summed E-state index contributed by atoms with van der Waals surface area (Å²) in [7, 11) is 1.75. The lowest BCUT2D eigenvalue weighted by molar-refractivity contribution is -0.154. The zero-order chi connectivity index (χ0) is 25.3. The molecule has 2 aromatic heterocycles. The second-order valence-electron chi connectivity index (χ2n) is 9.99. The monoisotopic (exact) mass is 480 g/mol. The van der Waals surface area contributed by atoms with Gasteiger partial charge in [-0.25, -0.2) is 4.98 Å². The van der Waals surface area contributed by atoms with Gasteiger partial charge in [0.15, 0.2) is 0 Å². The number of aliphatic hydroxyl groups is 1. The SMILES string of the molecule is Cc1cc(-c2nc3cc(CNC(C(=O)OC4CCCC4)C(C)O)ccc3n2C(C)C)cn(C)c1=O. The number of fused-ring (bicyclic) bond motifs is 1. The van der Waals surface area contributed by atoms with Gasteiger partial charge in [-0.1, -0.05) is 6.07 Å². The van der Waals surface area contributed by atoms with Crippen LogP contribution in [0.4, 0.5) is 0 Å². The lowest BCUT2D eigenvalue weighted by Gasteiger charge is -2.22. The van der Waals surface area contributed by atoms with Crippen LogP contribution < -0.4 is 10.9 Å². The Kier molecular flexibility index (Phi) is 7.42. The fraction of sp³-hybridized carbons (Fsp3) is 0.519. The van der Waals surface area contributed by atoms with E-state index in [2.05, 4.69) is 23.7 Å². The van der Waals surface area contributed by atoms with E-state index < -0.39 is 18.1 Å². The Morgan fingerprint density at radius 3 is 2.57 bits per heavy atom. The summed E-state index contributed by atoms with van der Waals surface area (Å²) in [6.07, 6.45) is 4.86. The van der Waals surface area contributed by atoms with Crippen molar-refractivity contribution in [3.05, 3.63) is 51.9 Å². The lowest BCUT2D eigenvalue weighted by Crippen LogP contribution is -2.46. The average molecular weight is 481 g/mol. The zero-order valence-corrected chi connectivity index (χ0v) is 21.2. The Morgan fingerprint density at radius 1 is 1.23 bits per heavy atom. The molecule has 2 heterocycles. The number of hydrogen-bond donors (Lipinski definition) is 2. The third-order valence-electron chi connectivity index (χ3n) is 6.74. The highest BCUT2D eigenvalue weighted by molar-refractivity contribution is 5.81. The number of carbonyl (C=O) groups is 1. The number of imidazole rings is 1. The number of rotatable bonds is 8. The first-order valence-electron chi connectivity index (χ1n) is 12.5. The highest BCUT2D eigenvalue weighted by atomic mass is 16.5. The molecule has 1 aromatic carbocycles. The number of carbonyl (C=O) groups excluding carboxylic acids is 1. The van der Waals surface area contributed by atoms with Crippen LogP contribution in [-0.4, -0.2) is 43.4 Å². The maximum atomic E-state index is 12.6. The van der Waals surface area contributed by atoms with Crippen LogP contribution in [0, 0.1) is 6.92 Å². The Balaban J connectivity index is 1.59. The van der Waals surface area contributed by atoms with Crippen LogP contribution in [0.5, 0.6) is 0 Å². The summed E-state index contributed by atoms with van der Waals surface area (Å²) in [6, 6.07) is 7.30. The summed E-state index contributed by atoms with van der Waals surface area (Å²) in [6.45, 7) is 8.03. The smallest absolute Gasteiger partial charge is 0.326 e. The van der Waals surface area contributed by atoms with Crippen LogP contribution in [0.1, 0.15) is 63.6 Å². The van der Waals surface area contributed by atoms with E-state index in [0.717, 1.165) is 53.7 Å². The normalized spacial score (nSPS) is 16.2. The number of nitrogens with zero attached hydrogens (tertiary/aromatic N) is 3. The fourth-order valence-corrected chi connectivity index (χ4v) is 4.90. The first kappa shape index (κ1) is 25.1. The lowest BCUT2D eigenvalue weighted by atomic mass is 10.1. The third-order valence-corrected chi connectivity index (χ3v) is 6.74. The van der Waals surface area contributed by atoms with Crippen molar-refractivity contribution in [1.29, 1.82) is 0 Å². The molecule has 0 radical (unpaired) electrons. The highest BCUT2D eigenvalue weighted by Crippen LogP contribution is 2.29. The van der Waals surface area contributed by atoms with Crippen molar-refractivity contribution in [1.82, 2.24) is 19.4 Å². The largest absolute Gasteiger partial charge is 0.461 e. The van der Waals surface area contributed by atoms with Crippen LogP contribution in [0.25, 0.3) is 22.4 Å².